The van der Waals surface area contributed by atoms with E-state index in [9.17, 15) is 8.42 Å². The third kappa shape index (κ3) is 3.19. The van der Waals surface area contributed by atoms with E-state index in [4.69, 9.17) is 16.0 Å². The van der Waals surface area contributed by atoms with Crippen LogP contribution < -0.4 is 0 Å². The monoisotopic (exact) mass is 340 g/mol. The minimum absolute atomic E-state index is 0.296. The Hall–Kier alpha value is -1.37. The molecule has 0 bridgehead atoms. The molecule has 2 aromatic rings. The van der Waals surface area contributed by atoms with Crippen LogP contribution >= 0.6 is 11.6 Å². The van der Waals surface area contributed by atoms with E-state index in [1.54, 1.807) is 6.20 Å². The predicted molar refractivity (Wildman–Crippen MR) is 84.3 cm³/mol. The zero-order valence-corrected chi connectivity index (χ0v) is 13.8. The molecule has 1 aromatic heterocycles. The van der Waals surface area contributed by atoms with Crippen LogP contribution in [-0.4, -0.2) is 30.5 Å². The van der Waals surface area contributed by atoms with Gasteiger partial charge in [0, 0.05) is 18.0 Å². The fourth-order valence-electron chi connectivity index (χ4n) is 2.77. The largest absolute Gasteiger partial charge is 0.444 e. The van der Waals surface area contributed by atoms with Crippen LogP contribution in [0, 0.1) is 0 Å². The summed E-state index contributed by atoms with van der Waals surface area (Å²) in [6, 6.07) is 7.26. The third-order valence-electron chi connectivity index (χ3n) is 3.81. The van der Waals surface area contributed by atoms with Crippen molar-refractivity contribution in [3.63, 3.8) is 0 Å². The van der Waals surface area contributed by atoms with Crippen molar-refractivity contribution in [2.75, 3.05) is 12.8 Å². The number of halogens is 1. The lowest BCUT2D eigenvalue weighted by molar-refractivity contribution is 0.323. The fraction of sp³-hybridized carbons (Fsp3) is 0.400. The van der Waals surface area contributed by atoms with Gasteiger partial charge in [-0.05, 0) is 24.5 Å². The smallest absolute Gasteiger partial charge is 0.212 e. The minimum atomic E-state index is -3.24. The summed E-state index contributed by atoms with van der Waals surface area (Å²) in [5, 5.41) is 0.680. The van der Waals surface area contributed by atoms with Crippen LogP contribution in [0.1, 0.15) is 36.1 Å². The Kier molecular flexibility index (Phi) is 4.25. The van der Waals surface area contributed by atoms with Crippen molar-refractivity contribution < 1.29 is 12.8 Å². The van der Waals surface area contributed by atoms with Gasteiger partial charge < -0.3 is 4.42 Å². The van der Waals surface area contributed by atoms with Crippen LogP contribution in [0.15, 0.2) is 34.9 Å². The highest BCUT2D eigenvalue weighted by Gasteiger charge is 2.35. The Morgan fingerprint density at radius 2 is 2.18 bits per heavy atom. The molecule has 0 amide bonds. The second-order valence-electron chi connectivity index (χ2n) is 5.46. The second kappa shape index (κ2) is 6.02. The molecule has 7 heteroatoms. The number of benzene rings is 1. The summed E-state index contributed by atoms with van der Waals surface area (Å²) in [6.45, 7) is 0.520. The van der Waals surface area contributed by atoms with Crippen molar-refractivity contribution in [1.29, 1.82) is 0 Å². The van der Waals surface area contributed by atoms with Gasteiger partial charge in [-0.2, -0.15) is 4.31 Å². The SMILES string of the molecule is CS(=O)(=O)N1CCC[C@H]1c1ncc(Cc2ccccc2Cl)o1. The molecule has 0 unspecified atom stereocenters. The molecule has 0 aliphatic carbocycles. The van der Waals surface area contributed by atoms with Crippen molar-refractivity contribution in [3.8, 4) is 0 Å². The zero-order valence-electron chi connectivity index (χ0n) is 12.2. The van der Waals surface area contributed by atoms with Crippen molar-refractivity contribution in [3.05, 3.63) is 52.7 Å². The summed E-state index contributed by atoms with van der Waals surface area (Å²) in [4.78, 5) is 4.27. The molecule has 1 saturated heterocycles. The number of hydrogen-bond donors (Lipinski definition) is 0. The average molecular weight is 341 g/mol. The minimum Gasteiger partial charge on any atom is -0.444 e. The quantitative estimate of drug-likeness (QED) is 0.858. The molecular weight excluding hydrogens is 324 g/mol. The van der Waals surface area contributed by atoms with Gasteiger partial charge in [0.05, 0.1) is 12.5 Å². The van der Waals surface area contributed by atoms with Crippen molar-refractivity contribution in [2.45, 2.75) is 25.3 Å². The zero-order chi connectivity index (χ0) is 15.7. The highest BCUT2D eigenvalue weighted by atomic mass is 35.5. The predicted octanol–water partition coefficient (Wildman–Crippen LogP) is 3.02. The summed E-state index contributed by atoms with van der Waals surface area (Å²) in [6.07, 6.45) is 4.97. The van der Waals surface area contributed by atoms with Gasteiger partial charge in [0.1, 0.15) is 11.8 Å². The topological polar surface area (TPSA) is 63.4 Å². The first-order valence-electron chi connectivity index (χ1n) is 7.10. The summed E-state index contributed by atoms with van der Waals surface area (Å²) < 4.78 is 30.8. The summed E-state index contributed by atoms with van der Waals surface area (Å²) in [5.41, 5.74) is 0.957. The standard InChI is InChI=1S/C15H17ClN2O3S/c1-22(19,20)18-8-4-7-14(18)15-17-10-12(21-15)9-11-5-2-3-6-13(11)16/h2-3,5-6,10,14H,4,7-9H2,1H3/t14-/m0/s1. The molecule has 1 aromatic carbocycles. The van der Waals surface area contributed by atoms with Crippen molar-refractivity contribution in [1.82, 2.24) is 9.29 Å². The van der Waals surface area contributed by atoms with Gasteiger partial charge in [0.25, 0.3) is 0 Å². The molecule has 3 rings (SSSR count). The Labute approximate surface area is 135 Å². The molecule has 1 fully saturated rings. The van der Waals surface area contributed by atoms with Gasteiger partial charge in [0.2, 0.25) is 15.9 Å². The number of rotatable bonds is 4. The molecule has 22 heavy (non-hydrogen) atoms. The lowest BCUT2D eigenvalue weighted by Crippen LogP contribution is -2.29. The first kappa shape index (κ1) is 15.5. The normalized spacial score (nSPS) is 19.6. The molecule has 5 nitrogen and oxygen atoms in total. The maximum absolute atomic E-state index is 11.8. The Morgan fingerprint density at radius 1 is 1.41 bits per heavy atom. The lowest BCUT2D eigenvalue weighted by Gasteiger charge is -2.19. The summed E-state index contributed by atoms with van der Waals surface area (Å²) in [7, 11) is -3.24. The maximum atomic E-state index is 11.8. The molecule has 118 valence electrons. The number of oxazole rings is 1. The van der Waals surface area contributed by atoms with Crippen molar-refractivity contribution >= 4 is 21.6 Å². The Bertz CT molecular complexity index is 773. The van der Waals surface area contributed by atoms with Gasteiger partial charge in [-0.15, -0.1) is 0 Å². The first-order chi connectivity index (χ1) is 10.4. The average Bonchev–Trinajstić information content (AvgIpc) is 3.09. The van der Waals surface area contributed by atoms with Gasteiger partial charge in [-0.25, -0.2) is 13.4 Å². The molecule has 1 aliphatic heterocycles. The van der Waals surface area contributed by atoms with Gasteiger partial charge in [0.15, 0.2) is 0 Å². The highest BCUT2D eigenvalue weighted by Crippen LogP contribution is 2.33. The van der Waals surface area contributed by atoms with Crippen LogP contribution in [0.3, 0.4) is 0 Å². The summed E-state index contributed by atoms with van der Waals surface area (Å²) >= 11 is 6.14. The van der Waals surface area contributed by atoms with E-state index in [1.165, 1.54) is 10.6 Å². The Morgan fingerprint density at radius 3 is 2.91 bits per heavy atom. The summed E-state index contributed by atoms with van der Waals surface area (Å²) in [5.74, 6) is 1.15. The second-order valence-corrected chi connectivity index (χ2v) is 7.81. The highest BCUT2D eigenvalue weighted by molar-refractivity contribution is 7.88. The number of hydrogen-bond acceptors (Lipinski definition) is 4. The molecule has 1 aliphatic rings. The van der Waals surface area contributed by atoms with E-state index in [-0.39, 0.29) is 6.04 Å². The van der Waals surface area contributed by atoms with Gasteiger partial charge in [-0.3, -0.25) is 0 Å². The Balaban J connectivity index is 1.81. The maximum Gasteiger partial charge on any atom is 0.212 e. The molecule has 0 spiro atoms. The number of nitrogens with zero attached hydrogens (tertiary/aromatic N) is 2. The van der Waals surface area contributed by atoms with E-state index in [0.29, 0.717) is 29.6 Å². The van der Waals surface area contributed by atoms with E-state index in [0.717, 1.165) is 18.4 Å². The third-order valence-corrected chi connectivity index (χ3v) is 5.47. The van der Waals surface area contributed by atoms with E-state index >= 15 is 0 Å². The van der Waals surface area contributed by atoms with E-state index in [1.807, 2.05) is 24.3 Å². The van der Waals surface area contributed by atoms with Gasteiger partial charge >= 0.3 is 0 Å². The van der Waals surface area contributed by atoms with Crippen LogP contribution in [0.5, 0.6) is 0 Å². The van der Waals surface area contributed by atoms with Crippen LogP contribution in [0.25, 0.3) is 0 Å². The van der Waals surface area contributed by atoms with E-state index < -0.39 is 10.0 Å². The molecule has 0 saturated carbocycles. The first-order valence-corrected chi connectivity index (χ1v) is 9.32. The van der Waals surface area contributed by atoms with Gasteiger partial charge in [-0.1, -0.05) is 29.8 Å². The molecular formula is C15H17ClN2O3S. The molecule has 1 atom stereocenters. The fourth-order valence-corrected chi connectivity index (χ4v) is 4.09. The van der Waals surface area contributed by atoms with Crippen molar-refractivity contribution in [2.24, 2.45) is 0 Å². The molecule has 0 radical (unpaired) electrons. The van der Waals surface area contributed by atoms with Crippen LogP contribution in [0.2, 0.25) is 5.02 Å². The molecule has 2 heterocycles. The number of sulfonamides is 1. The number of aromatic nitrogens is 1. The lowest BCUT2D eigenvalue weighted by atomic mass is 10.1. The van der Waals surface area contributed by atoms with Crippen LogP contribution in [-0.2, 0) is 16.4 Å². The van der Waals surface area contributed by atoms with Crippen LogP contribution in [0.4, 0.5) is 0 Å². The molecule has 0 N–H and O–H groups in total. The van der Waals surface area contributed by atoms with E-state index in [2.05, 4.69) is 4.98 Å².